The monoisotopic (exact) mass is 421 g/mol. The van der Waals surface area contributed by atoms with Crippen LogP contribution in [-0.4, -0.2) is 31.4 Å². The first-order valence-electron chi connectivity index (χ1n) is 8.98. The van der Waals surface area contributed by atoms with E-state index in [2.05, 4.69) is 5.32 Å². The van der Waals surface area contributed by atoms with Gasteiger partial charge >= 0.3 is 5.97 Å². The number of halogens is 1. The van der Waals surface area contributed by atoms with Gasteiger partial charge in [0.05, 0.1) is 25.0 Å². The number of ketones is 1. The zero-order chi connectivity index (χ0) is 21.6. The average Bonchev–Trinajstić information content (AvgIpc) is 3.12. The average molecular weight is 421 g/mol. The molecule has 156 valence electrons. The molecule has 6 nitrogen and oxygen atoms in total. The van der Waals surface area contributed by atoms with Gasteiger partial charge in [0.25, 0.3) is 0 Å². The Balaban J connectivity index is 1.83. The van der Waals surface area contributed by atoms with Crippen molar-refractivity contribution in [1.29, 1.82) is 0 Å². The van der Waals surface area contributed by atoms with Gasteiger partial charge in [-0.15, -0.1) is 11.3 Å². The van der Waals surface area contributed by atoms with Gasteiger partial charge in [-0.3, -0.25) is 14.4 Å². The molecule has 29 heavy (non-hydrogen) atoms. The molecular formula is C21H24FNO5S. The van der Waals surface area contributed by atoms with Crippen LogP contribution >= 0.6 is 11.3 Å². The van der Waals surface area contributed by atoms with Crippen LogP contribution in [0.2, 0.25) is 0 Å². The lowest BCUT2D eigenvalue weighted by molar-refractivity contribution is -0.141. The number of esters is 1. The molecule has 1 N–H and O–H groups in total. The van der Waals surface area contributed by atoms with Gasteiger partial charge in [0.1, 0.15) is 0 Å². The van der Waals surface area contributed by atoms with Crippen molar-refractivity contribution < 1.29 is 28.2 Å². The summed E-state index contributed by atoms with van der Waals surface area (Å²) in [5, 5.41) is 2.82. The van der Waals surface area contributed by atoms with Crippen LogP contribution in [0.4, 0.5) is 4.39 Å². The van der Waals surface area contributed by atoms with E-state index < -0.39 is 23.8 Å². The Bertz CT molecular complexity index is 901. The topological polar surface area (TPSA) is 81.7 Å². The molecule has 8 heteroatoms. The highest BCUT2D eigenvalue weighted by Crippen LogP contribution is 2.20. The lowest BCUT2D eigenvalue weighted by atomic mass is 9.96. The molecule has 0 aliphatic carbocycles. The van der Waals surface area contributed by atoms with Crippen LogP contribution in [0.3, 0.4) is 0 Å². The molecule has 0 radical (unpaired) electrons. The van der Waals surface area contributed by atoms with Gasteiger partial charge in [0.15, 0.2) is 18.2 Å². The third kappa shape index (κ3) is 6.67. The summed E-state index contributed by atoms with van der Waals surface area (Å²) >= 11 is 1.24. The Morgan fingerprint density at radius 3 is 2.48 bits per heavy atom. The van der Waals surface area contributed by atoms with E-state index in [9.17, 15) is 18.8 Å². The zero-order valence-electron chi connectivity index (χ0n) is 16.8. The lowest BCUT2D eigenvalue weighted by Gasteiger charge is -2.17. The molecule has 0 fully saturated rings. The second-order valence-corrected chi connectivity index (χ2v) is 8.60. The predicted octanol–water partition coefficient (Wildman–Crippen LogP) is 3.53. The number of amides is 1. The highest BCUT2D eigenvalue weighted by atomic mass is 32.1. The van der Waals surface area contributed by atoms with E-state index >= 15 is 0 Å². The summed E-state index contributed by atoms with van der Waals surface area (Å²) in [6.07, 6.45) is -0.150. The molecule has 0 bridgehead atoms. The van der Waals surface area contributed by atoms with Crippen LogP contribution in [0.15, 0.2) is 30.3 Å². The van der Waals surface area contributed by atoms with Gasteiger partial charge in [-0.25, -0.2) is 4.39 Å². The molecular weight excluding hydrogens is 397 g/mol. The number of hydrogen-bond acceptors (Lipinski definition) is 6. The van der Waals surface area contributed by atoms with Crippen molar-refractivity contribution in [2.75, 3.05) is 13.7 Å². The maximum absolute atomic E-state index is 13.7. The van der Waals surface area contributed by atoms with Crippen molar-refractivity contribution in [3.63, 3.8) is 0 Å². The Kier molecular flexibility index (Phi) is 7.50. The second-order valence-electron chi connectivity index (χ2n) is 7.43. The first-order valence-corrected chi connectivity index (χ1v) is 9.80. The van der Waals surface area contributed by atoms with Crippen molar-refractivity contribution >= 4 is 29.0 Å². The van der Waals surface area contributed by atoms with Gasteiger partial charge in [-0.05, 0) is 29.8 Å². The maximum Gasteiger partial charge on any atom is 0.310 e. The fourth-order valence-electron chi connectivity index (χ4n) is 2.31. The van der Waals surface area contributed by atoms with Crippen molar-refractivity contribution in [1.82, 2.24) is 5.32 Å². The van der Waals surface area contributed by atoms with E-state index in [1.807, 2.05) is 20.8 Å². The number of carbonyl (C=O) groups is 3. The summed E-state index contributed by atoms with van der Waals surface area (Å²) in [6.45, 7) is 5.39. The summed E-state index contributed by atoms with van der Waals surface area (Å²) in [7, 11) is 1.35. The lowest BCUT2D eigenvalue weighted by Crippen LogP contribution is -2.34. The molecule has 0 saturated heterocycles. The van der Waals surface area contributed by atoms with Crippen LogP contribution in [-0.2, 0) is 27.3 Å². The maximum atomic E-state index is 13.7. The molecule has 0 atom stereocenters. The molecule has 1 aromatic carbocycles. The first kappa shape index (κ1) is 22.5. The van der Waals surface area contributed by atoms with E-state index in [-0.39, 0.29) is 23.9 Å². The van der Waals surface area contributed by atoms with Crippen LogP contribution in [0.25, 0.3) is 0 Å². The Hall–Kier alpha value is -2.74. The van der Waals surface area contributed by atoms with E-state index in [4.69, 9.17) is 9.47 Å². The number of Topliss-reactive ketones (excluding diaryl/α,β-unsaturated/α-hetero) is 1. The summed E-state index contributed by atoms with van der Waals surface area (Å²) in [5.41, 5.74) is -0.0644. The molecule has 0 spiro atoms. The van der Waals surface area contributed by atoms with Gasteiger partial charge in [0.2, 0.25) is 11.7 Å². The first-order chi connectivity index (χ1) is 13.6. The van der Waals surface area contributed by atoms with Crippen molar-refractivity contribution in [2.45, 2.75) is 33.7 Å². The molecule has 2 rings (SSSR count). The standard InChI is InChI=1S/C21H24FNO5S/c1-21(2,3)20(26)23-11-14-6-8-18(29-14)16(24)12-28-19(25)10-13-5-7-17(27-4)15(22)9-13/h5-9H,10-12H2,1-4H3,(H,23,26). The summed E-state index contributed by atoms with van der Waals surface area (Å²) < 4.78 is 23.5. The van der Waals surface area contributed by atoms with E-state index in [0.29, 0.717) is 17.0 Å². The van der Waals surface area contributed by atoms with E-state index in [1.165, 1.54) is 30.6 Å². The van der Waals surface area contributed by atoms with Crippen LogP contribution in [0.1, 0.15) is 40.9 Å². The van der Waals surface area contributed by atoms with Gasteiger partial charge in [-0.1, -0.05) is 26.8 Å². The summed E-state index contributed by atoms with van der Waals surface area (Å²) in [6, 6.07) is 7.57. The molecule has 0 unspecified atom stereocenters. The fourth-order valence-corrected chi connectivity index (χ4v) is 3.18. The van der Waals surface area contributed by atoms with Gasteiger partial charge in [-0.2, -0.15) is 0 Å². The number of nitrogens with one attached hydrogen (secondary N) is 1. The molecule has 0 saturated carbocycles. The molecule has 1 heterocycles. The number of ether oxygens (including phenoxy) is 2. The number of benzene rings is 1. The number of thiophene rings is 1. The van der Waals surface area contributed by atoms with E-state index in [0.717, 1.165) is 4.88 Å². The Labute approximate surface area is 173 Å². The summed E-state index contributed by atoms with van der Waals surface area (Å²) in [4.78, 5) is 37.3. The fraction of sp³-hybridized carbons (Fsp3) is 0.381. The number of hydrogen-bond donors (Lipinski definition) is 1. The minimum absolute atomic E-state index is 0.0809. The second kappa shape index (κ2) is 9.65. The minimum atomic E-state index is -0.628. The third-order valence-corrected chi connectivity index (χ3v) is 5.10. The van der Waals surface area contributed by atoms with Crippen molar-refractivity contribution in [3.05, 3.63) is 51.5 Å². The third-order valence-electron chi connectivity index (χ3n) is 3.97. The molecule has 1 amide bonds. The SMILES string of the molecule is COc1ccc(CC(=O)OCC(=O)c2ccc(CNC(=O)C(C)(C)C)s2)cc1F. The van der Waals surface area contributed by atoms with Crippen LogP contribution in [0.5, 0.6) is 5.75 Å². The number of rotatable bonds is 8. The molecule has 0 aliphatic rings. The molecule has 0 aliphatic heterocycles. The molecule has 1 aromatic heterocycles. The van der Waals surface area contributed by atoms with Crippen LogP contribution < -0.4 is 10.1 Å². The van der Waals surface area contributed by atoms with Crippen molar-refractivity contribution in [3.8, 4) is 5.75 Å². The highest BCUT2D eigenvalue weighted by Gasteiger charge is 2.21. The van der Waals surface area contributed by atoms with Gasteiger partial charge < -0.3 is 14.8 Å². The smallest absolute Gasteiger partial charge is 0.310 e. The Morgan fingerprint density at radius 2 is 1.86 bits per heavy atom. The zero-order valence-corrected chi connectivity index (χ0v) is 17.7. The van der Waals surface area contributed by atoms with E-state index in [1.54, 1.807) is 18.2 Å². The summed E-state index contributed by atoms with van der Waals surface area (Å²) in [5.74, 6) is -1.53. The quantitative estimate of drug-likeness (QED) is 0.521. The van der Waals surface area contributed by atoms with Crippen molar-refractivity contribution in [2.24, 2.45) is 5.41 Å². The van der Waals surface area contributed by atoms with Gasteiger partial charge in [0, 0.05) is 10.3 Å². The highest BCUT2D eigenvalue weighted by molar-refractivity contribution is 7.14. The van der Waals surface area contributed by atoms with Crippen LogP contribution in [0, 0.1) is 11.2 Å². The predicted molar refractivity (Wildman–Crippen MR) is 108 cm³/mol. The number of methoxy groups -OCH3 is 1. The largest absolute Gasteiger partial charge is 0.494 e. The number of carbonyl (C=O) groups excluding carboxylic acids is 3. The molecule has 2 aromatic rings. The Morgan fingerprint density at radius 1 is 1.14 bits per heavy atom. The normalized spacial score (nSPS) is 11.1. The minimum Gasteiger partial charge on any atom is -0.494 e.